The minimum atomic E-state index is -0.796. The Morgan fingerprint density at radius 1 is 1.00 bits per heavy atom. The Hall–Kier alpha value is -2.97. The van der Waals surface area contributed by atoms with Gasteiger partial charge in [0, 0.05) is 31.7 Å². The summed E-state index contributed by atoms with van der Waals surface area (Å²) < 4.78 is 27.5. The normalized spacial score (nSPS) is 20.2. The van der Waals surface area contributed by atoms with Crippen molar-refractivity contribution >= 4 is 23.5 Å². The van der Waals surface area contributed by atoms with Crippen LogP contribution in [0.3, 0.4) is 0 Å². The van der Waals surface area contributed by atoms with Crippen LogP contribution in [-0.4, -0.2) is 42.2 Å². The molecule has 2 aliphatic rings. The summed E-state index contributed by atoms with van der Waals surface area (Å²) in [6.07, 6.45) is 7.56. The Kier molecular flexibility index (Phi) is 6.72. The van der Waals surface area contributed by atoms with Gasteiger partial charge in [0.05, 0.1) is 5.69 Å². The molecule has 1 heterocycles. The Labute approximate surface area is 187 Å². The zero-order valence-electron chi connectivity index (χ0n) is 18.5. The van der Waals surface area contributed by atoms with E-state index >= 15 is 0 Å². The van der Waals surface area contributed by atoms with Crippen LogP contribution in [0, 0.1) is 11.6 Å². The second kappa shape index (κ2) is 9.67. The van der Waals surface area contributed by atoms with Gasteiger partial charge in [0.25, 0.3) is 0 Å². The summed E-state index contributed by atoms with van der Waals surface area (Å²) >= 11 is 0. The number of amides is 2. The Morgan fingerprint density at radius 3 is 2.34 bits per heavy atom. The highest BCUT2D eigenvalue weighted by atomic mass is 19.1. The van der Waals surface area contributed by atoms with Gasteiger partial charge in [-0.25, -0.2) is 18.6 Å². The molecular weight excluding hydrogens is 414 g/mol. The van der Waals surface area contributed by atoms with E-state index in [2.05, 4.69) is 20.9 Å². The van der Waals surface area contributed by atoms with Gasteiger partial charge in [-0.15, -0.1) is 0 Å². The molecule has 0 unspecified atom stereocenters. The third-order valence-corrected chi connectivity index (χ3v) is 6.18. The van der Waals surface area contributed by atoms with Crippen LogP contribution < -0.4 is 20.9 Å². The number of rotatable bonds is 5. The molecule has 1 saturated carbocycles. The SMILES string of the molecule is CN(C)c1nc(N[C@H]2CC[C@@H](NC(=O)Nc3c(F)cccc3F)CC2)nc2c1CCCC2. The number of carbonyl (C=O) groups excluding carboxylic acids is 1. The van der Waals surface area contributed by atoms with E-state index in [4.69, 9.17) is 9.97 Å². The molecule has 9 heteroatoms. The standard InChI is InChI=1S/C23H30F2N6O/c1-31(2)21-16-6-3-4-9-19(16)28-22(30-21)26-14-10-12-15(13-11-14)27-23(32)29-20-17(24)7-5-8-18(20)25/h5,7-8,14-15H,3-4,6,9-13H2,1-2H3,(H,26,28,30)(H2,27,29,32)/t14-,15+. The molecule has 7 nitrogen and oxygen atoms in total. The Balaban J connectivity index is 1.31. The van der Waals surface area contributed by atoms with E-state index in [0.717, 1.165) is 68.6 Å². The third kappa shape index (κ3) is 5.08. The van der Waals surface area contributed by atoms with Crippen molar-refractivity contribution in [3.8, 4) is 0 Å². The van der Waals surface area contributed by atoms with Gasteiger partial charge in [0.2, 0.25) is 5.95 Å². The van der Waals surface area contributed by atoms with Gasteiger partial charge in [0.1, 0.15) is 23.1 Å². The molecule has 0 radical (unpaired) electrons. The number of urea groups is 1. The first-order valence-electron chi connectivity index (χ1n) is 11.3. The average Bonchev–Trinajstić information content (AvgIpc) is 2.77. The third-order valence-electron chi connectivity index (χ3n) is 6.18. The number of anilines is 3. The summed E-state index contributed by atoms with van der Waals surface area (Å²) in [5.74, 6) is 0.0635. The monoisotopic (exact) mass is 444 g/mol. The number of halogens is 2. The molecule has 2 amide bonds. The predicted molar refractivity (Wildman–Crippen MR) is 121 cm³/mol. The molecule has 0 atom stereocenters. The smallest absolute Gasteiger partial charge is 0.319 e. The predicted octanol–water partition coefficient (Wildman–Crippen LogP) is 4.24. The molecule has 4 rings (SSSR count). The van der Waals surface area contributed by atoms with Crippen LogP contribution in [0.2, 0.25) is 0 Å². The van der Waals surface area contributed by atoms with Crippen LogP contribution in [0.25, 0.3) is 0 Å². The fourth-order valence-corrected chi connectivity index (χ4v) is 4.53. The maximum Gasteiger partial charge on any atom is 0.319 e. The molecule has 1 aromatic carbocycles. The summed E-state index contributed by atoms with van der Waals surface area (Å²) in [5, 5.41) is 8.58. The minimum Gasteiger partial charge on any atom is -0.362 e. The van der Waals surface area contributed by atoms with Crippen molar-refractivity contribution < 1.29 is 13.6 Å². The Bertz CT molecular complexity index is 955. The molecule has 1 aromatic heterocycles. The number of aromatic nitrogens is 2. The largest absolute Gasteiger partial charge is 0.362 e. The van der Waals surface area contributed by atoms with E-state index in [-0.39, 0.29) is 12.1 Å². The van der Waals surface area contributed by atoms with Crippen molar-refractivity contribution in [2.75, 3.05) is 29.6 Å². The number of fused-ring (bicyclic) bond motifs is 1. The highest BCUT2D eigenvalue weighted by Gasteiger charge is 2.25. The van der Waals surface area contributed by atoms with Gasteiger partial charge in [-0.05, 0) is 63.5 Å². The number of nitrogens with zero attached hydrogens (tertiary/aromatic N) is 3. The van der Waals surface area contributed by atoms with Gasteiger partial charge >= 0.3 is 6.03 Å². The first-order valence-corrected chi connectivity index (χ1v) is 11.3. The fraction of sp³-hybridized carbons (Fsp3) is 0.522. The van der Waals surface area contributed by atoms with Crippen molar-refractivity contribution in [2.45, 2.75) is 63.5 Å². The lowest BCUT2D eigenvalue weighted by Crippen LogP contribution is -2.42. The number of para-hydroxylation sites is 1. The summed E-state index contributed by atoms with van der Waals surface area (Å²) in [6.45, 7) is 0. The summed E-state index contributed by atoms with van der Waals surface area (Å²) in [5.41, 5.74) is 1.98. The lowest BCUT2D eigenvalue weighted by Gasteiger charge is -2.30. The minimum absolute atomic E-state index is 0.0512. The van der Waals surface area contributed by atoms with Gasteiger partial charge in [-0.1, -0.05) is 6.07 Å². The first-order chi connectivity index (χ1) is 15.4. The van der Waals surface area contributed by atoms with Gasteiger partial charge < -0.3 is 20.9 Å². The van der Waals surface area contributed by atoms with E-state index in [9.17, 15) is 13.6 Å². The van der Waals surface area contributed by atoms with Crippen molar-refractivity contribution in [2.24, 2.45) is 0 Å². The molecule has 0 spiro atoms. The van der Waals surface area contributed by atoms with Crippen LogP contribution in [0.5, 0.6) is 0 Å². The van der Waals surface area contributed by atoms with E-state index in [0.29, 0.717) is 5.95 Å². The summed E-state index contributed by atoms with van der Waals surface area (Å²) in [6, 6.07) is 3.05. The zero-order valence-corrected chi connectivity index (χ0v) is 18.5. The number of nitrogens with one attached hydrogen (secondary N) is 3. The average molecular weight is 445 g/mol. The van der Waals surface area contributed by atoms with Crippen LogP contribution in [0.15, 0.2) is 18.2 Å². The molecule has 1 fully saturated rings. The first kappa shape index (κ1) is 22.2. The quantitative estimate of drug-likeness (QED) is 0.643. The van der Waals surface area contributed by atoms with Crippen molar-refractivity contribution in [1.82, 2.24) is 15.3 Å². The molecule has 2 aliphatic carbocycles. The lowest BCUT2D eigenvalue weighted by molar-refractivity contribution is 0.243. The number of aryl methyl sites for hydroxylation is 1. The molecule has 0 saturated heterocycles. The second-order valence-corrected chi connectivity index (χ2v) is 8.79. The molecule has 0 bridgehead atoms. The number of benzene rings is 1. The van der Waals surface area contributed by atoms with Gasteiger partial charge in [-0.2, -0.15) is 4.98 Å². The maximum atomic E-state index is 13.7. The molecule has 2 aromatic rings. The topological polar surface area (TPSA) is 82.2 Å². The molecule has 0 aliphatic heterocycles. The summed E-state index contributed by atoms with van der Waals surface area (Å²) in [7, 11) is 4.02. The van der Waals surface area contributed by atoms with Gasteiger partial charge in [-0.3, -0.25) is 0 Å². The summed E-state index contributed by atoms with van der Waals surface area (Å²) in [4.78, 5) is 23.8. The highest BCUT2D eigenvalue weighted by Crippen LogP contribution is 2.29. The fourth-order valence-electron chi connectivity index (χ4n) is 4.53. The Morgan fingerprint density at radius 2 is 1.66 bits per heavy atom. The number of hydrogen-bond acceptors (Lipinski definition) is 5. The van der Waals surface area contributed by atoms with Crippen LogP contribution in [-0.2, 0) is 12.8 Å². The lowest BCUT2D eigenvalue weighted by atomic mass is 9.91. The van der Waals surface area contributed by atoms with Crippen LogP contribution in [0.1, 0.15) is 49.8 Å². The van der Waals surface area contributed by atoms with E-state index in [1.165, 1.54) is 18.1 Å². The molecular formula is C23H30F2N6O. The molecule has 172 valence electrons. The van der Waals surface area contributed by atoms with E-state index in [1.54, 1.807) is 0 Å². The van der Waals surface area contributed by atoms with Crippen LogP contribution >= 0.6 is 0 Å². The number of hydrogen-bond donors (Lipinski definition) is 3. The van der Waals surface area contributed by atoms with Gasteiger partial charge in [0.15, 0.2) is 0 Å². The second-order valence-electron chi connectivity index (χ2n) is 8.79. The van der Waals surface area contributed by atoms with Crippen molar-refractivity contribution in [3.05, 3.63) is 41.1 Å². The molecule has 3 N–H and O–H groups in total. The highest BCUT2D eigenvalue weighted by molar-refractivity contribution is 5.89. The van der Waals surface area contributed by atoms with E-state index < -0.39 is 23.4 Å². The van der Waals surface area contributed by atoms with Crippen LogP contribution in [0.4, 0.5) is 31.0 Å². The molecule has 32 heavy (non-hydrogen) atoms. The van der Waals surface area contributed by atoms with Crippen molar-refractivity contribution in [1.29, 1.82) is 0 Å². The zero-order chi connectivity index (χ0) is 22.7. The van der Waals surface area contributed by atoms with Crippen molar-refractivity contribution in [3.63, 3.8) is 0 Å². The number of carbonyl (C=O) groups is 1. The maximum absolute atomic E-state index is 13.7. The van der Waals surface area contributed by atoms with E-state index in [1.807, 2.05) is 14.1 Å².